The van der Waals surface area contributed by atoms with Gasteiger partial charge in [-0.2, -0.15) is 0 Å². The van der Waals surface area contributed by atoms with E-state index in [0.29, 0.717) is 16.1 Å². The van der Waals surface area contributed by atoms with Gasteiger partial charge < -0.3 is 5.32 Å². The minimum absolute atomic E-state index is 0.332. The summed E-state index contributed by atoms with van der Waals surface area (Å²) in [5.74, 6) is 0.988. The molecular weight excluding hydrogens is 277 g/mol. The first-order valence-electron chi connectivity index (χ1n) is 7.35. The largest absolute Gasteiger partial charge is 0.310 e. The van der Waals surface area contributed by atoms with Crippen molar-refractivity contribution in [2.24, 2.45) is 5.92 Å². The lowest BCUT2D eigenvalue weighted by molar-refractivity contribution is 0.456. The van der Waals surface area contributed by atoms with Crippen LogP contribution in [-0.4, -0.2) is 6.54 Å². The van der Waals surface area contributed by atoms with Crippen molar-refractivity contribution in [3.05, 3.63) is 33.8 Å². The van der Waals surface area contributed by atoms with Crippen LogP contribution < -0.4 is 5.32 Å². The van der Waals surface area contributed by atoms with Crippen LogP contribution in [0.15, 0.2) is 18.2 Å². The van der Waals surface area contributed by atoms with E-state index in [1.807, 2.05) is 18.2 Å². The third-order valence-corrected chi connectivity index (χ3v) is 4.90. The molecule has 1 aliphatic carbocycles. The van der Waals surface area contributed by atoms with Crippen LogP contribution in [0.5, 0.6) is 0 Å². The Kier molecular flexibility index (Phi) is 6.00. The van der Waals surface area contributed by atoms with Crippen LogP contribution in [0.25, 0.3) is 0 Å². The van der Waals surface area contributed by atoms with Crippen LogP contribution in [0.2, 0.25) is 10.0 Å². The fourth-order valence-electron chi connectivity index (χ4n) is 2.91. The second-order valence-corrected chi connectivity index (χ2v) is 6.46. The lowest BCUT2D eigenvalue weighted by atomic mass is 10.0. The minimum Gasteiger partial charge on any atom is -0.310 e. The highest BCUT2D eigenvalue weighted by Gasteiger charge is 2.14. The maximum atomic E-state index is 6.05. The molecule has 0 spiro atoms. The van der Waals surface area contributed by atoms with Gasteiger partial charge in [0.05, 0.1) is 10.0 Å². The van der Waals surface area contributed by atoms with E-state index in [4.69, 9.17) is 23.2 Å². The zero-order valence-corrected chi connectivity index (χ0v) is 13.1. The van der Waals surface area contributed by atoms with Crippen molar-refractivity contribution in [1.82, 2.24) is 5.32 Å². The molecule has 0 aromatic heterocycles. The van der Waals surface area contributed by atoms with Gasteiger partial charge in [-0.05, 0) is 49.9 Å². The molecule has 19 heavy (non-hydrogen) atoms. The molecule has 1 atom stereocenters. The van der Waals surface area contributed by atoms with Gasteiger partial charge in [-0.3, -0.25) is 0 Å². The Morgan fingerprint density at radius 3 is 2.63 bits per heavy atom. The van der Waals surface area contributed by atoms with Crippen molar-refractivity contribution in [3.63, 3.8) is 0 Å². The topological polar surface area (TPSA) is 12.0 Å². The molecule has 0 amide bonds. The first-order chi connectivity index (χ1) is 9.16. The molecule has 106 valence electrons. The summed E-state index contributed by atoms with van der Waals surface area (Å²) in [4.78, 5) is 0. The second-order valence-electron chi connectivity index (χ2n) is 5.64. The Balaban J connectivity index is 1.71. The molecule has 1 aromatic carbocycles. The Morgan fingerprint density at radius 1 is 1.21 bits per heavy atom. The maximum absolute atomic E-state index is 6.05. The van der Waals surface area contributed by atoms with E-state index in [0.717, 1.165) is 12.5 Å². The molecule has 1 nitrogen and oxygen atoms in total. The molecule has 1 fully saturated rings. The molecule has 1 N–H and O–H groups in total. The van der Waals surface area contributed by atoms with Crippen LogP contribution in [0.3, 0.4) is 0 Å². The van der Waals surface area contributed by atoms with E-state index in [1.165, 1.54) is 44.1 Å². The highest BCUT2D eigenvalue weighted by Crippen LogP contribution is 2.28. The standard InChI is InChI=1S/C16H23Cl2N/c1-12(14-8-9-15(17)16(18)11-14)19-10-4-7-13-5-2-3-6-13/h8-9,11-13,19H,2-7,10H2,1H3. The van der Waals surface area contributed by atoms with Crippen molar-refractivity contribution in [2.45, 2.75) is 51.5 Å². The molecular formula is C16H23Cl2N. The van der Waals surface area contributed by atoms with E-state index < -0.39 is 0 Å². The first kappa shape index (κ1) is 15.2. The lowest BCUT2D eigenvalue weighted by Crippen LogP contribution is -2.20. The van der Waals surface area contributed by atoms with Gasteiger partial charge in [-0.15, -0.1) is 0 Å². The van der Waals surface area contributed by atoms with E-state index in [9.17, 15) is 0 Å². The van der Waals surface area contributed by atoms with E-state index in [-0.39, 0.29) is 0 Å². The van der Waals surface area contributed by atoms with E-state index >= 15 is 0 Å². The molecule has 3 heteroatoms. The van der Waals surface area contributed by atoms with Gasteiger partial charge in [0.2, 0.25) is 0 Å². The van der Waals surface area contributed by atoms with Crippen LogP contribution in [0.4, 0.5) is 0 Å². The van der Waals surface area contributed by atoms with E-state index in [2.05, 4.69) is 12.2 Å². The average Bonchev–Trinajstić information content (AvgIpc) is 2.91. The molecule has 0 saturated heterocycles. The third kappa shape index (κ3) is 4.66. The number of hydrogen-bond donors (Lipinski definition) is 1. The Hall–Kier alpha value is -0.240. The summed E-state index contributed by atoms with van der Waals surface area (Å²) in [7, 11) is 0. The van der Waals surface area contributed by atoms with Gasteiger partial charge in [0.1, 0.15) is 0 Å². The van der Waals surface area contributed by atoms with Crippen molar-refractivity contribution in [1.29, 1.82) is 0 Å². The van der Waals surface area contributed by atoms with E-state index in [1.54, 1.807) is 0 Å². The summed E-state index contributed by atoms with van der Waals surface area (Å²) < 4.78 is 0. The van der Waals surface area contributed by atoms with Gasteiger partial charge in [-0.1, -0.05) is 55.0 Å². The second kappa shape index (κ2) is 7.52. The predicted octanol–water partition coefficient (Wildman–Crippen LogP) is 5.61. The highest BCUT2D eigenvalue weighted by atomic mass is 35.5. The molecule has 0 heterocycles. The van der Waals surface area contributed by atoms with Gasteiger partial charge in [-0.25, -0.2) is 0 Å². The molecule has 0 aliphatic heterocycles. The zero-order chi connectivity index (χ0) is 13.7. The van der Waals surface area contributed by atoms with Crippen LogP contribution >= 0.6 is 23.2 Å². The summed E-state index contributed by atoms with van der Waals surface area (Å²) >= 11 is 12.0. The Bertz CT molecular complexity index is 400. The number of nitrogens with one attached hydrogen (secondary N) is 1. The Labute approximate surface area is 126 Å². The summed E-state index contributed by atoms with van der Waals surface area (Å²) in [6, 6.07) is 6.20. The SMILES string of the molecule is CC(NCCCC1CCCC1)c1ccc(Cl)c(Cl)c1. The zero-order valence-electron chi connectivity index (χ0n) is 11.6. The van der Waals surface area contributed by atoms with Crippen molar-refractivity contribution in [2.75, 3.05) is 6.54 Å². The number of halogens is 2. The summed E-state index contributed by atoms with van der Waals surface area (Å²) in [5, 5.41) is 4.83. The average molecular weight is 300 g/mol. The predicted molar refractivity (Wildman–Crippen MR) is 84.1 cm³/mol. The Morgan fingerprint density at radius 2 is 1.95 bits per heavy atom. The lowest BCUT2D eigenvalue weighted by Gasteiger charge is -2.16. The molecule has 0 bridgehead atoms. The van der Waals surface area contributed by atoms with Crippen molar-refractivity contribution < 1.29 is 0 Å². The van der Waals surface area contributed by atoms with Crippen LogP contribution in [-0.2, 0) is 0 Å². The van der Waals surface area contributed by atoms with Crippen molar-refractivity contribution in [3.8, 4) is 0 Å². The normalized spacial score (nSPS) is 17.8. The smallest absolute Gasteiger partial charge is 0.0595 e. The molecule has 0 radical (unpaired) electrons. The molecule has 1 saturated carbocycles. The summed E-state index contributed by atoms with van der Waals surface area (Å²) in [5.41, 5.74) is 1.20. The maximum Gasteiger partial charge on any atom is 0.0595 e. The summed E-state index contributed by atoms with van der Waals surface area (Å²) in [6.07, 6.45) is 8.43. The van der Waals surface area contributed by atoms with Gasteiger partial charge in [0.15, 0.2) is 0 Å². The number of benzene rings is 1. The minimum atomic E-state index is 0.332. The molecule has 1 aromatic rings. The first-order valence-corrected chi connectivity index (χ1v) is 8.10. The number of rotatable bonds is 6. The van der Waals surface area contributed by atoms with Crippen LogP contribution in [0, 0.1) is 5.92 Å². The number of hydrogen-bond acceptors (Lipinski definition) is 1. The van der Waals surface area contributed by atoms with Crippen molar-refractivity contribution >= 4 is 23.2 Å². The quantitative estimate of drug-likeness (QED) is 0.673. The molecule has 1 aliphatic rings. The van der Waals surface area contributed by atoms with Gasteiger partial charge in [0, 0.05) is 6.04 Å². The van der Waals surface area contributed by atoms with Gasteiger partial charge in [0.25, 0.3) is 0 Å². The molecule has 2 rings (SSSR count). The van der Waals surface area contributed by atoms with Gasteiger partial charge >= 0.3 is 0 Å². The van der Waals surface area contributed by atoms with Crippen LogP contribution in [0.1, 0.15) is 57.1 Å². The summed E-state index contributed by atoms with van der Waals surface area (Å²) in [6.45, 7) is 3.26. The monoisotopic (exact) mass is 299 g/mol. The fraction of sp³-hybridized carbons (Fsp3) is 0.625. The highest BCUT2D eigenvalue weighted by molar-refractivity contribution is 6.42. The fourth-order valence-corrected chi connectivity index (χ4v) is 3.21. The molecule has 1 unspecified atom stereocenters. The third-order valence-electron chi connectivity index (χ3n) is 4.16.